The maximum Gasteiger partial charge on any atom is 0.404 e. The molecule has 1 amide bonds. The molecule has 3 aliphatic heterocycles. The molecule has 0 aromatic heterocycles. The Morgan fingerprint density at radius 2 is 2.03 bits per heavy atom. The minimum atomic E-state index is -0.959. The summed E-state index contributed by atoms with van der Waals surface area (Å²) in [5.41, 5.74) is 5.20. The average molecular weight is 403 g/mol. The lowest BCUT2D eigenvalue weighted by molar-refractivity contribution is -0.137. The van der Waals surface area contributed by atoms with E-state index in [2.05, 4.69) is 5.32 Å². The van der Waals surface area contributed by atoms with Gasteiger partial charge in [-0.05, 0) is 25.7 Å². The van der Waals surface area contributed by atoms with Crippen molar-refractivity contribution in [1.82, 2.24) is 10.2 Å². The van der Waals surface area contributed by atoms with Crippen LogP contribution < -0.4 is 11.1 Å². The molecule has 3 heterocycles. The maximum atomic E-state index is 13.5. The number of methoxy groups -OCH3 is 1. The van der Waals surface area contributed by atoms with Crippen LogP contribution in [0.3, 0.4) is 0 Å². The van der Waals surface area contributed by atoms with Crippen molar-refractivity contribution in [3.05, 3.63) is 22.6 Å². The largest absolute Gasteiger partial charge is 0.489 e. The summed E-state index contributed by atoms with van der Waals surface area (Å²) in [5, 5.41) is 3.33. The Morgan fingerprint density at radius 3 is 2.66 bits per heavy atom. The van der Waals surface area contributed by atoms with E-state index in [1.165, 1.54) is 6.42 Å². The van der Waals surface area contributed by atoms with Crippen molar-refractivity contribution in [3.63, 3.8) is 0 Å². The molecule has 9 heteroatoms. The highest BCUT2D eigenvalue weighted by atomic mass is 16.6. The monoisotopic (exact) mass is 403 g/mol. The number of ketones is 2. The first kappa shape index (κ1) is 18.6. The number of piperazine rings is 1. The molecule has 29 heavy (non-hydrogen) atoms. The molecule has 0 aromatic rings. The smallest absolute Gasteiger partial charge is 0.404 e. The number of fused-ring (bicyclic) bond motifs is 4. The van der Waals surface area contributed by atoms with Gasteiger partial charge in [-0.3, -0.25) is 9.59 Å². The number of carbonyl (C=O) groups excluding carboxylic acids is 3. The molecular weight excluding hydrogens is 378 g/mol. The molecule has 0 radical (unpaired) electrons. The second-order valence-corrected chi connectivity index (χ2v) is 8.48. The Kier molecular flexibility index (Phi) is 4.05. The molecule has 3 fully saturated rings. The standard InChI is InChI=1S/C20H25N3O6/c1-9-15(24)14-13(16(25)17(9)28-7-10-4-3-5-10)11(8-29-19(21)26)20(27-2)18-12(22-18)6-23(14)20/h10-12,18,22H,3-8H2,1-2H3,(H2,21,26). The van der Waals surface area contributed by atoms with E-state index in [1.54, 1.807) is 14.0 Å². The van der Waals surface area contributed by atoms with Crippen LogP contribution in [-0.2, 0) is 23.8 Å². The predicted molar refractivity (Wildman–Crippen MR) is 99.2 cm³/mol. The number of nitrogens with zero attached hydrogens (tertiary/aromatic N) is 1. The Balaban J connectivity index is 1.52. The highest BCUT2D eigenvalue weighted by Gasteiger charge is 2.72. The third-order valence-corrected chi connectivity index (χ3v) is 7.06. The van der Waals surface area contributed by atoms with Crippen LogP contribution >= 0.6 is 0 Å². The molecule has 1 saturated carbocycles. The number of Topliss-reactive ketones (excluding diaryl/α,β-unsaturated/α-hetero) is 2. The molecule has 156 valence electrons. The topological polar surface area (TPSA) is 130 Å². The Bertz CT molecular complexity index is 875. The predicted octanol–water partition coefficient (Wildman–Crippen LogP) is 0.207. The van der Waals surface area contributed by atoms with Crippen LogP contribution in [0.25, 0.3) is 0 Å². The van der Waals surface area contributed by atoms with Gasteiger partial charge in [-0.2, -0.15) is 0 Å². The number of rotatable bonds is 6. The maximum absolute atomic E-state index is 13.5. The van der Waals surface area contributed by atoms with Crippen molar-refractivity contribution in [2.45, 2.75) is 44.0 Å². The normalized spacial score (nSPS) is 35.4. The Hall–Kier alpha value is -2.39. The molecule has 0 spiro atoms. The van der Waals surface area contributed by atoms with Gasteiger partial charge in [0.25, 0.3) is 0 Å². The zero-order valence-corrected chi connectivity index (χ0v) is 16.5. The molecule has 2 saturated heterocycles. The number of nitrogens with two attached hydrogens (primary N) is 1. The summed E-state index contributed by atoms with van der Waals surface area (Å²) in [5.74, 6) is -0.648. The number of hydrogen-bond acceptors (Lipinski definition) is 8. The van der Waals surface area contributed by atoms with Crippen LogP contribution in [0.5, 0.6) is 0 Å². The Labute approximate surface area is 168 Å². The minimum Gasteiger partial charge on any atom is -0.489 e. The van der Waals surface area contributed by atoms with Crippen molar-refractivity contribution in [2.75, 3.05) is 26.9 Å². The first-order valence-electron chi connectivity index (χ1n) is 10.1. The van der Waals surface area contributed by atoms with Gasteiger partial charge in [0.1, 0.15) is 6.61 Å². The van der Waals surface area contributed by atoms with Gasteiger partial charge >= 0.3 is 6.09 Å². The lowest BCUT2D eigenvalue weighted by Crippen LogP contribution is -2.55. The van der Waals surface area contributed by atoms with Crippen LogP contribution in [0, 0.1) is 11.8 Å². The zero-order valence-electron chi connectivity index (χ0n) is 16.5. The number of primary amides is 1. The van der Waals surface area contributed by atoms with Crippen LogP contribution in [0.2, 0.25) is 0 Å². The number of carbonyl (C=O) groups is 3. The van der Waals surface area contributed by atoms with Crippen LogP contribution in [0.15, 0.2) is 22.6 Å². The van der Waals surface area contributed by atoms with E-state index >= 15 is 0 Å². The second-order valence-electron chi connectivity index (χ2n) is 8.48. The Morgan fingerprint density at radius 1 is 1.28 bits per heavy atom. The third kappa shape index (κ3) is 2.43. The molecule has 2 aliphatic carbocycles. The van der Waals surface area contributed by atoms with Gasteiger partial charge in [-0.25, -0.2) is 4.79 Å². The molecule has 9 nitrogen and oxygen atoms in total. The average Bonchev–Trinajstić information content (AvgIpc) is 3.26. The summed E-state index contributed by atoms with van der Waals surface area (Å²) in [4.78, 5) is 39.9. The number of ether oxygens (including phenoxy) is 3. The molecule has 5 rings (SSSR count). The number of nitrogens with one attached hydrogen (secondary N) is 1. The van der Waals surface area contributed by atoms with Gasteiger partial charge < -0.3 is 30.2 Å². The van der Waals surface area contributed by atoms with Gasteiger partial charge in [0.05, 0.1) is 24.3 Å². The van der Waals surface area contributed by atoms with Gasteiger partial charge in [-0.15, -0.1) is 0 Å². The van der Waals surface area contributed by atoms with Crippen LogP contribution in [0.1, 0.15) is 26.2 Å². The highest BCUT2D eigenvalue weighted by Crippen LogP contribution is 2.55. The number of hydrogen-bond donors (Lipinski definition) is 2. The van der Waals surface area contributed by atoms with Gasteiger partial charge in [0.15, 0.2) is 11.5 Å². The summed E-state index contributed by atoms with van der Waals surface area (Å²) < 4.78 is 16.9. The summed E-state index contributed by atoms with van der Waals surface area (Å²) in [6, 6.07) is 0.114. The van der Waals surface area contributed by atoms with Crippen molar-refractivity contribution < 1.29 is 28.6 Å². The molecule has 4 unspecified atom stereocenters. The minimum absolute atomic E-state index is 0.0557. The zero-order chi connectivity index (χ0) is 20.5. The van der Waals surface area contributed by atoms with E-state index in [0.29, 0.717) is 35.9 Å². The van der Waals surface area contributed by atoms with Crippen molar-refractivity contribution in [3.8, 4) is 0 Å². The quantitative estimate of drug-likeness (QED) is 0.475. The van der Waals surface area contributed by atoms with E-state index in [1.807, 2.05) is 4.90 Å². The molecule has 5 aliphatic rings. The molecule has 3 N–H and O–H groups in total. The number of allylic oxidation sites excluding steroid dienone is 2. The van der Waals surface area contributed by atoms with Gasteiger partial charge in [0.2, 0.25) is 11.6 Å². The van der Waals surface area contributed by atoms with E-state index in [9.17, 15) is 14.4 Å². The van der Waals surface area contributed by atoms with Crippen LogP contribution in [-0.4, -0.2) is 67.2 Å². The van der Waals surface area contributed by atoms with Gasteiger partial charge in [0, 0.05) is 30.8 Å². The third-order valence-electron chi connectivity index (χ3n) is 7.06. The lowest BCUT2D eigenvalue weighted by Gasteiger charge is -2.39. The fraction of sp³-hybridized carbons (Fsp3) is 0.650. The SMILES string of the molecule is COC12C(COC(N)=O)C3=C(C(=O)C(C)=C(OCC4CCC4)C3=O)N1CC1NC12. The van der Waals surface area contributed by atoms with E-state index < -0.39 is 17.7 Å². The van der Waals surface area contributed by atoms with E-state index in [0.717, 1.165) is 12.8 Å². The molecule has 4 atom stereocenters. The fourth-order valence-electron chi connectivity index (χ4n) is 5.30. The summed E-state index contributed by atoms with van der Waals surface area (Å²) in [6.45, 7) is 2.48. The highest BCUT2D eigenvalue weighted by molar-refractivity contribution is 6.25. The summed E-state index contributed by atoms with van der Waals surface area (Å²) in [6.07, 6.45) is 2.39. The fourth-order valence-corrected chi connectivity index (χ4v) is 5.30. The molecule has 0 bridgehead atoms. The van der Waals surface area contributed by atoms with Crippen molar-refractivity contribution in [2.24, 2.45) is 17.6 Å². The molecule has 0 aromatic carbocycles. The summed E-state index contributed by atoms with van der Waals surface area (Å²) >= 11 is 0. The lowest BCUT2D eigenvalue weighted by atomic mass is 9.82. The van der Waals surface area contributed by atoms with Crippen LogP contribution in [0.4, 0.5) is 4.79 Å². The second kappa shape index (κ2) is 6.30. The first-order chi connectivity index (χ1) is 13.9. The number of amides is 1. The van der Waals surface area contributed by atoms with E-state index in [4.69, 9.17) is 19.9 Å². The van der Waals surface area contributed by atoms with Gasteiger partial charge in [-0.1, -0.05) is 6.42 Å². The van der Waals surface area contributed by atoms with Crippen molar-refractivity contribution in [1.29, 1.82) is 0 Å². The van der Waals surface area contributed by atoms with E-state index in [-0.39, 0.29) is 36.0 Å². The van der Waals surface area contributed by atoms with Crippen molar-refractivity contribution >= 4 is 17.7 Å². The summed E-state index contributed by atoms with van der Waals surface area (Å²) in [7, 11) is 1.55. The molecular formula is C20H25N3O6. The first-order valence-corrected chi connectivity index (χ1v) is 10.1.